The van der Waals surface area contributed by atoms with Crippen molar-refractivity contribution in [1.29, 1.82) is 0 Å². The summed E-state index contributed by atoms with van der Waals surface area (Å²) in [5, 5.41) is 0. The van der Waals surface area contributed by atoms with Gasteiger partial charge in [0.2, 0.25) is 0 Å². The van der Waals surface area contributed by atoms with Gasteiger partial charge in [0.15, 0.2) is 5.78 Å². The summed E-state index contributed by atoms with van der Waals surface area (Å²) in [6, 6.07) is 5.48. The van der Waals surface area contributed by atoms with Crippen molar-refractivity contribution in [1.82, 2.24) is 0 Å². The molecule has 0 aromatic heterocycles. The minimum absolute atomic E-state index is 0.0975. The monoisotopic (exact) mass is 326 g/mol. The number of carbonyl (C=O) groups excluding carboxylic acids is 2. The smallest absolute Gasteiger partial charge is 0.317 e. The Bertz CT molecular complexity index is 480. The van der Waals surface area contributed by atoms with Crippen molar-refractivity contribution >= 4 is 27.7 Å². The van der Waals surface area contributed by atoms with E-state index in [-0.39, 0.29) is 18.3 Å². The summed E-state index contributed by atoms with van der Waals surface area (Å²) in [4.78, 5) is 24.4. The fourth-order valence-electron chi connectivity index (χ4n) is 1.90. The van der Waals surface area contributed by atoms with Gasteiger partial charge in [0.1, 0.15) is 5.92 Å². The summed E-state index contributed by atoms with van der Waals surface area (Å²) >= 11 is 3.38. The third kappa shape index (κ3) is 3.90. The van der Waals surface area contributed by atoms with Crippen LogP contribution in [0.5, 0.6) is 0 Å². The van der Waals surface area contributed by atoms with Crippen LogP contribution in [0.3, 0.4) is 0 Å². The highest BCUT2D eigenvalue weighted by Crippen LogP contribution is 2.25. The first-order valence-electron chi connectivity index (χ1n) is 6.35. The van der Waals surface area contributed by atoms with Crippen LogP contribution < -0.4 is 0 Å². The van der Waals surface area contributed by atoms with E-state index >= 15 is 0 Å². The summed E-state index contributed by atoms with van der Waals surface area (Å²) in [5.41, 5.74) is 1.58. The van der Waals surface area contributed by atoms with E-state index in [1.165, 1.54) is 0 Å². The van der Waals surface area contributed by atoms with E-state index in [4.69, 9.17) is 4.74 Å². The number of benzene rings is 1. The maximum Gasteiger partial charge on any atom is 0.317 e. The van der Waals surface area contributed by atoms with E-state index < -0.39 is 11.9 Å². The molecule has 104 valence electrons. The van der Waals surface area contributed by atoms with E-state index in [1.807, 2.05) is 32.9 Å². The first-order valence-corrected chi connectivity index (χ1v) is 7.14. The van der Waals surface area contributed by atoms with Crippen LogP contribution in [-0.4, -0.2) is 18.4 Å². The average molecular weight is 327 g/mol. The molecule has 0 bridgehead atoms. The van der Waals surface area contributed by atoms with Gasteiger partial charge >= 0.3 is 5.97 Å². The second kappa shape index (κ2) is 6.85. The fraction of sp³-hybridized carbons (Fsp3) is 0.467. The lowest BCUT2D eigenvalue weighted by Crippen LogP contribution is -2.31. The quantitative estimate of drug-likeness (QED) is 0.470. The molecular formula is C15H19BrO3. The molecule has 0 aliphatic rings. The van der Waals surface area contributed by atoms with Gasteiger partial charge in [-0.05, 0) is 37.5 Å². The second-order valence-corrected chi connectivity index (χ2v) is 5.68. The molecule has 3 nitrogen and oxygen atoms in total. The molecule has 0 saturated heterocycles. The number of halogens is 1. The summed E-state index contributed by atoms with van der Waals surface area (Å²) in [6.07, 6.45) is 0. The Labute approximate surface area is 122 Å². The van der Waals surface area contributed by atoms with Crippen LogP contribution in [0.2, 0.25) is 0 Å². The highest BCUT2D eigenvalue weighted by molar-refractivity contribution is 9.10. The Kier molecular flexibility index (Phi) is 5.73. The number of ether oxygens (including phenoxy) is 1. The lowest BCUT2D eigenvalue weighted by Gasteiger charge is -2.18. The first kappa shape index (κ1) is 15.9. The Morgan fingerprint density at radius 1 is 1.32 bits per heavy atom. The predicted molar refractivity (Wildman–Crippen MR) is 78.2 cm³/mol. The highest BCUT2D eigenvalue weighted by atomic mass is 79.9. The Morgan fingerprint density at radius 2 is 1.95 bits per heavy atom. The third-order valence-electron chi connectivity index (χ3n) is 2.88. The maximum atomic E-state index is 12.5. The zero-order chi connectivity index (χ0) is 14.6. The zero-order valence-corrected chi connectivity index (χ0v) is 13.3. The lowest BCUT2D eigenvalue weighted by atomic mass is 9.88. The van der Waals surface area contributed by atoms with Crippen molar-refractivity contribution in [2.75, 3.05) is 6.61 Å². The number of Topliss-reactive ketones (excluding diaryl/α,β-unsaturated/α-hetero) is 1. The van der Waals surface area contributed by atoms with Crippen molar-refractivity contribution in [3.8, 4) is 0 Å². The lowest BCUT2D eigenvalue weighted by molar-refractivity contribution is -0.147. The topological polar surface area (TPSA) is 43.4 Å². The average Bonchev–Trinajstić information content (AvgIpc) is 2.28. The van der Waals surface area contributed by atoms with Crippen molar-refractivity contribution in [3.05, 3.63) is 33.8 Å². The van der Waals surface area contributed by atoms with Crippen LogP contribution in [0, 0.1) is 18.8 Å². The number of ketones is 1. The normalized spacial score (nSPS) is 12.3. The van der Waals surface area contributed by atoms with Crippen LogP contribution in [-0.2, 0) is 9.53 Å². The van der Waals surface area contributed by atoms with Gasteiger partial charge in [0, 0.05) is 10.0 Å². The Morgan fingerprint density at radius 3 is 2.42 bits per heavy atom. The molecule has 0 fully saturated rings. The predicted octanol–water partition coefficient (Wildman–Crippen LogP) is 3.78. The molecule has 19 heavy (non-hydrogen) atoms. The van der Waals surface area contributed by atoms with E-state index in [9.17, 15) is 9.59 Å². The summed E-state index contributed by atoms with van der Waals surface area (Å²) in [5.74, 6) is -1.49. The largest absolute Gasteiger partial charge is 0.465 e. The maximum absolute atomic E-state index is 12.5. The van der Waals surface area contributed by atoms with Crippen LogP contribution in [0.15, 0.2) is 22.7 Å². The molecule has 0 amide bonds. The summed E-state index contributed by atoms with van der Waals surface area (Å²) in [6.45, 7) is 7.67. The number of hydrogen-bond acceptors (Lipinski definition) is 3. The zero-order valence-electron chi connectivity index (χ0n) is 11.7. The molecule has 0 saturated carbocycles. The van der Waals surface area contributed by atoms with Gasteiger partial charge in [-0.25, -0.2) is 0 Å². The molecule has 0 heterocycles. The van der Waals surface area contributed by atoms with Crippen molar-refractivity contribution < 1.29 is 14.3 Å². The molecule has 1 aromatic carbocycles. The van der Waals surface area contributed by atoms with Gasteiger partial charge in [-0.1, -0.05) is 35.8 Å². The molecule has 1 unspecified atom stereocenters. The molecule has 4 heteroatoms. The fourth-order valence-corrected chi connectivity index (χ4v) is 2.59. The van der Waals surface area contributed by atoms with E-state index in [0.29, 0.717) is 10.0 Å². The van der Waals surface area contributed by atoms with Crippen LogP contribution >= 0.6 is 15.9 Å². The molecule has 1 rings (SSSR count). The van der Waals surface area contributed by atoms with E-state index in [2.05, 4.69) is 15.9 Å². The Hall–Kier alpha value is -1.16. The molecule has 0 radical (unpaired) electrons. The van der Waals surface area contributed by atoms with Crippen LogP contribution in [0.25, 0.3) is 0 Å². The number of carbonyl (C=O) groups is 2. The second-order valence-electron chi connectivity index (χ2n) is 4.82. The standard InChI is InChI=1S/C15H19BrO3/c1-5-19-15(18)13(9(2)3)14(17)11-7-6-10(4)8-12(11)16/h6-9,13H,5H2,1-4H3. The number of aryl methyl sites for hydroxylation is 1. The highest BCUT2D eigenvalue weighted by Gasteiger charge is 2.32. The van der Waals surface area contributed by atoms with Crippen LogP contribution in [0.4, 0.5) is 0 Å². The van der Waals surface area contributed by atoms with Crippen molar-refractivity contribution in [2.24, 2.45) is 11.8 Å². The third-order valence-corrected chi connectivity index (χ3v) is 3.54. The molecule has 0 spiro atoms. The van der Waals surface area contributed by atoms with Gasteiger partial charge in [-0.2, -0.15) is 0 Å². The molecular weight excluding hydrogens is 308 g/mol. The van der Waals surface area contributed by atoms with Gasteiger partial charge in [-0.3, -0.25) is 9.59 Å². The Balaban J connectivity index is 3.09. The van der Waals surface area contributed by atoms with Crippen molar-refractivity contribution in [3.63, 3.8) is 0 Å². The minimum Gasteiger partial charge on any atom is -0.465 e. The van der Waals surface area contributed by atoms with E-state index in [0.717, 1.165) is 5.56 Å². The molecule has 0 N–H and O–H groups in total. The molecule has 1 aromatic rings. The number of hydrogen-bond donors (Lipinski definition) is 0. The molecule has 0 aliphatic heterocycles. The summed E-state index contributed by atoms with van der Waals surface area (Å²) < 4.78 is 5.71. The summed E-state index contributed by atoms with van der Waals surface area (Å²) in [7, 11) is 0. The number of esters is 1. The van der Waals surface area contributed by atoms with Crippen molar-refractivity contribution in [2.45, 2.75) is 27.7 Å². The molecule has 1 atom stereocenters. The van der Waals surface area contributed by atoms with Gasteiger partial charge in [0.25, 0.3) is 0 Å². The van der Waals surface area contributed by atoms with E-state index in [1.54, 1.807) is 13.0 Å². The van der Waals surface area contributed by atoms with Gasteiger partial charge < -0.3 is 4.74 Å². The minimum atomic E-state index is -0.751. The number of rotatable bonds is 5. The SMILES string of the molecule is CCOC(=O)C(C(=O)c1ccc(C)cc1Br)C(C)C. The first-order chi connectivity index (χ1) is 8.88. The molecule has 0 aliphatic carbocycles. The van der Waals surface area contributed by atoms with Gasteiger partial charge in [-0.15, -0.1) is 0 Å². The van der Waals surface area contributed by atoms with Crippen LogP contribution in [0.1, 0.15) is 36.7 Å². The van der Waals surface area contributed by atoms with Gasteiger partial charge in [0.05, 0.1) is 6.61 Å².